The van der Waals surface area contributed by atoms with Crippen LogP contribution in [-0.4, -0.2) is 24.0 Å². The number of carbonyl (C=O) groups excluding carboxylic acids is 3. The second-order valence-corrected chi connectivity index (χ2v) is 3.90. The van der Waals surface area contributed by atoms with E-state index in [1.54, 1.807) is 0 Å². The molecule has 0 aliphatic rings. The molecule has 0 aromatic carbocycles. The zero-order valence-electron chi connectivity index (χ0n) is 12.2. The number of nitrogens with zero attached hydrogens (tertiary/aromatic N) is 3. The van der Waals surface area contributed by atoms with Gasteiger partial charge in [-0.15, -0.1) is 0 Å². The van der Waals surface area contributed by atoms with Gasteiger partial charge in [0.25, 0.3) is 0 Å². The molecule has 0 rings (SSSR count). The normalized spacial score (nSPS) is 8.00. The van der Waals surface area contributed by atoms with Crippen molar-refractivity contribution in [3.05, 3.63) is 16.2 Å². The second-order valence-electron chi connectivity index (χ2n) is 3.90. The Kier molecular flexibility index (Phi) is 34.6. The maximum Gasteiger partial charge on any atom is 0.115 e. The summed E-state index contributed by atoms with van der Waals surface area (Å²) in [4.78, 5) is 24.7. The summed E-state index contributed by atoms with van der Waals surface area (Å²) >= 11 is 0. The highest BCUT2D eigenvalue weighted by molar-refractivity contribution is 5.37. The Balaban J connectivity index is -0.000000132. The Hall–Kier alpha value is -1.98. The summed E-state index contributed by atoms with van der Waals surface area (Å²) in [7, 11) is 0. The number of nitrogens with two attached hydrogens (primary N) is 3. The van der Waals surface area contributed by atoms with Crippen molar-refractivity contribution in [2.45, 2.75) is 57.7 Å². The molecule has 0 amide bonds. The molecule has 0 aliphatic carbocycles. The van der Waals surface area contributed by atoms with Crippen LogP contribution in [0.1, 0.15) is 51.9 Å². The molecular weight excluding hydrogens is 276 g/mol. The van der Waals surface area contributed by atoms with Crippen LogP contribution in [0.2, 0.25) is 0 Å². The van der Waals surface area contributed by atoms with E-state index in [-0.39, 0.29) is 0 Å². The first kappa shape index (κ1) is 27.4. The Morgan fingerprint density at radius 3 is 1.33 bits per heavy atom. The molecule has 0 radical (unpaired) electrons. The first-order valence-electron chi connectivity index (χ1n) is 6.21. The van der Waals surface area contributed by atoms with Crippen LogP contribution in [0.5, 0.6) is 0 Å². The summed E-state index contributed by atoms with van der Waals surface area (Å²) in [6.45, 7) is 2.21. The zero-order valence-corrected chi connectivity index (χ0v) is 12.2. The van der Waals surface area contributed by atoms with E-state index in [0.717, 1.165) is 12.8 Å². The third kappa shape index (κ3) is 93.8. The second kappa shape index (κ2) is 26.6. The Labute approximate surface area is 124 Å². The highest BCUT2D eigenvalue weighted by atomic mass is 16.1. The van der Waals surface area contributed by atoms with E-state index >= 15 is 0 Å². The molecule has 0 fully saturated rings. The third-order valence-electron chi connectivity index (χ3n) is 1.96. The Morgan fingerprint density at radius 2 is 1.05 bits per heavy atom. The molecule has 0 spiro atoms. The Morgan fingerprint density at radius 1 is 0.762 bits per heavy atom. The highest BCUT2D eigenvalue weighted by Gasteiger charge is 2.09. The SMILES string of the molecule is CCCCCCCCC(N)(N)N.[N-]=C=O.[N-]=C=O.[N-]=C=O. The standard InChI is InChI=1S/C9H23N3.3CNO/c1-2-3-4-5-6-7-8-9(10,11)12;3*2-1-3/h2-8,10-12H2,1H3;;;/q;3*-1. The summed E-state index contributed by atoms with van der Waals surface area (Å²) in [6.07, 6.45) is 9.69. The highest BCUT2D eigenvalue weighted by Crippen LogP contribution is 2.08. The minimum Gasteiger partial charge on any atom is -0.724 e. The zero-order chi connectivity index (χ0) is 17.6. The first-order valence-corrected chi connectivity index (χ1v) is 6.21. The molecule has 0 aromatic rings. The van der Waals surface area contributed by atoms with Crippen LogP contribution < -0.4 is 17.2 Å². The van der Waals surface area contributed by atoms with E-state index in [0.29, 0.717) is 18.2 Å². The van der Waals surface area contributed by atoms with Crippen molar-refractivity contribution in [2.24, 2.45) is 17.2 Å². The van der Waals surface area contributed by atoms with Crippen molar-refractivity contribution in [3.63, 3.8) is 0 Å². The molecule has 0 heterocycles. The molecule has 0 aromatic heterocycles. The molecule has 0 aliphatic heterocycles. The fraction of sp³-hybridized carbons (Fsp3) is 0.750. The molecule has 0 unspecified atom stereocenters. The molecule has 0 saturated heterocycles. The average molecular weight is 299 g/mol. The van der Waals surface area contributed by atoms with Crippen LogP contribution in [0.25, 0.3) is 16.2 Å². The van der Waals surface area contributed by atoms with Crippen molar-refractivity contribution in [3.8, 4) is 0 Å². The van der Waals surface area contributed by atoms with Gasteiger partial charge in [-0.3, -0.25) is 14.4 Å². The number of rotatable bonds is 7. The largest absolute Gasteiger partial charge is 0.724 e. The van der Waals surface area contributed by atoms with Crippen molar-refractivity contribution < 1.29 is 14.4 Å². The van der Waals surface area contributed by atoms with Gasteiger partial charge in [0.1, 0.15) is 5.79 Å². The van der Waals surface area contributed by atoms with Gasteiger partial charge in [0.15, 0.2) is 0 Å². The van der Waals surface area contributed by atoms with E-state index in [9.17, 15) is 0 Å². The van der Waals surface area contributed by atoms with Crippen molar-refractivity contribution in [1.82, 2.24) is 0 Å². The van der Waals surface area contributed by atoms with Crippen molar-refractivity contribution >= 4 is 18.2 Å². The summed E-state index contributed by atoms with van der Waals surface area (Å²) in [5, 5.41) is 20.3. The molecular formula is C12H23N6O3-3. The molecule has 9 nitrogen and oxygen atoms in total. The van der Waals surface area contributed by atoms with Gasteiger partial charge in [0.2, 0.25) is 0 Å². The van der Waals surface area contributed by atoms with Crippen LogP contribution in [0.4, 0.5) is 0 Å². The molecule has 0 saturated carbocycles. The maximum absolute atomic E-state index is 8.24. The van der Waals surface area contributed by atoms with Gasteiger partial charge in [-0.05, 0) is 31.1 Å². The Bertz CT molecular complexity index is 268. The molecule has 9 heteroatoms. The molecule has 0 atom stereocenters. The van der Waals surface area contributed by atoms with Gasteiger partial charge in [-0.2, -0.15) is 0 Å². The van der Waals surface area contributed by atoms with Gasteiger partial charge >= 0.3 is 0 Å². The smallest absolute Gasteiger partial charge is 0.115 e. The van der Waals surface area contributed by atoms with Crippen LogP contribution >= 0.6 is 0 Å². The molecule has 6 N–H and O–H groups in total. The lowest BCUT2D eigenvalue weighted by molar-refractivity contribution is 0.400. The van der Waals surface area contributed by atoms with Crippen molar-refractivity contribution in [2.75, 3.05) is 0 Å². The van der Waals surface area contributed by atoms with Crippen LogP contribution in [0.15, 0.2) is 0 Å². The quantitative estimate of drug-likeness (QED) is 0.270. The lowest BCUT2D eigenvalue weighted by Crippen LogP contribution is -2.57. The van der Waals surface area contributed by atoms with Gasteiger partial charge in [0.05, 0.1) is 0 Å². The fourth-order valence-corrected chi connectivity index (χ4v) is 1.21. The molecule has 122 valence electrons. The number of hydrogen-bond acceptors (Lipinski definition) is 6. The van der Waals surface area contributed by atoms with Gasteiger partial charge in [0, 0.05) is 0 Å². The number of hydrogen-bond donors (Lipinski definition) is 3. The molecule has 0 bridgehead atoms. The van der Waals surface area contributed by atoms with Crippen molar-refractivity contribution in [1.29, 1.82) is 0 Å². The van der Waals surface area contributed by atoms with Gasteiger partial charge in [-0.1, -0.05) is 39.0 Å². The topological polar surface area (TPSA) is 196 Å². The number of unbranched alkanes of at least 4 members (excludes halogenated alkanes) is 5. The summed E-state index contributed by atoms with van der Waals surface area (Å²) in [5.74, 6) is -0.954. The summed E-state index contributed by atoms with van der Waals surface area (Å²) < 4.78 is 0. The van der Waals surface area contributed by atoms with Crippen LogP contribution in [0.3, 0.4) is 0 Å². The van der Waals surface area contributed by atoms with Gasteiger partial charge < -0.3 is 33.4 Å². The first-order chi connectivity index (χ1) is 9.80. The fourth-order valence-electron chi connectivity index (χ4n) is 1.21. The molecule has 21 heavy (non-hydrogen) atoms. The van der Waals surface area contributed by atoms with E-state index in [2.05, 4.69) is 6.92 Å². The number of isocyanates is 3. The van der Waals surface area contributed by atoms with E-state index in [1.807, 2.05) is 0 Å². The maximum atomic E-state index is 8.24. The van der Waals surface area contributed by atoms with E-state index in [1.165, 1.54) is 32.1 Å². The predicted octanol–water partition coefficient (Wildman–Crippen LogP) is 0.942. The predicted molar refractivity (Wildman–Crippen MR) is 80.4 cm³/mol. The lowest BCUT2D eigenvalue weighted by atomic mass is 10.1. The minimum atomic E-state index is -0.954. The van der Waals surface area contributed by atoms with E-state index in [4.69, 9.17) is 47.8 Å². The van der Waals surface area contributed by atoms with Crippen LogP contribution in [-0.2, 0) is 14.4 Å². The lowest BCUT2D eigenvalue weighted by Gasteiger charge is -2.17. The van der Waals surface area contributed by atoms with Gasteiger partial charge in [-0.25, -0.2) is 0 Å². The monoisotopic (exact) mass is 299 g/mol. The summed E-state index contributed by atoms with van der Waals surface area (Å²) in [5.41, 5.74) is 16.3. The summed E-state index contributed by atoms with van der Waals surface area (Å²) in [6, 6.07) is 0. The average Bonchev–Trinajstić information content (AvgIpc) is 2.35. The minimum absolute atomic E-state index is 0.500. The van der Waals surface area contributed by atoms with Crippen LogP contribution in [0, 0.1) is 0 Å². The van der Waals surface area contributed by atoms with E-state index < -0.39 is 5.79 Å². The third-order valence-corrected chi connectivity index (χ3v) is 1.96.